The number of fused-ring (bicyclic) bond motifs is 1. The van der Waals surface area contributed by atoms with Gasteiger partial charge in [0.2, 0.25) is 0 Å². The van der Waals surface area contributed by atoms with E-state index in [-0.39, 0.29) is 23.3 Å². The van der Waals surface area contributed by atoms with Crippen molar-refractivity contribution in [1.29, 1.82) is 0 Å². The van der Waals surface area contributed by atoms with Crippen LogP contribution in [0.1, 0.15) is 38.5 Å². The zero-order valence-corrected chi connectivity index (χ0v) is 13.8. The van der Waals surface area contributed by atoms with Crippen molar-refractivity contribution >= 4 is 27.3 Å². The lowest BCUT2D eigenvalue weighted by molar-refractivity contribution is -0.144. The van der Waals surface area contributed by atoms with Crippen molar-refractivity contribution < 1.29 is 4.79 Å². The Hall–Kier alpha value is -1.49. The Morgan fingerprint density at radius 3 is 2.52 bits per heavy atom. The van der Waals surface area contributed by atoms with E-state index in [0.29, 0.717) is 5.39 Å². The maximum absolute atomic E-state index is 13.1. The van der Waals surface area contributed by atoms with E-state index in [2.05, 4.69) is 4.98 Å². The average molecular weight is 328 g/mol. The van der Waals surface area contributed by atoms with Crippen LogP contribution in [0.15, 0.2) is 22.6 Å². The molecule has 2 heterocycles. The van der Waals surface area contributed by atoms with Gasteiger partial charge in [-0.05, 0) is 67.7 Å². The van der Waals surface area contributed by atoms with E-state index in [1.54, 1.807) is 12.4 Å². The maximum Gasteiger partial charge on any atom is 0.262 e. The molecule has 2 aromatic rings. The molecule has 0 unspecified atom stereocenters. The van der Waals surface area contributed by atoms with Gasteiger partial charge in [0.15, 0.2) is 5.78 Å². The minimum atomic E-state index is -0.141. The lowest BCUT2D eigenvalue weighted by Gasteiger charge is -2.56. The summed E-state index contributed by atoms with van der Waals surface area (Å²) in [6.07, 6.45) is 8.71. The summed E-state index contributed by atoms with van der Waals surface area (Å²) in [6.45, 7) is 0.198. The van der Waals surface area contributed by atoms with Gasteiger partial charge in [-0.2, -0.15) is 0 Å². The van der Waals surface area contributed by atoms with Gasteiger partial charge in [-0.25, -0.2) is 4.98 Å². The van der Waals surface area contributed by atoms with Crippen molar-refractivity contribution in [3.8, 4) is 0 Å². The summed E-state index contributed by atoms with van der Waals surface area (Å²) in [5, 5.41) is 2.51. The van der Waals surface area contributed by atoms with E-state index >= 15 is 0 Å². The number of nitrogens with zero attached hydrogens (tertiary/aromatic N) is 2. The number of carbonyl (C=O) groups excluding carboxylic acids is 1. The van der Waals surface area contributed by atoms with Crippen LogP contribution in [0.4, 0.5) is 0 Å². The summed E-state index contributed by atoms with van der Waals surface area (Å²) >= 11 is 1.47. The number of hydrogen-bond acceptors (Lipinski definition) is 4. The topological polar surface area (TPSA) is 52.0 Å². The minimum absolute atomic E-state index is 0.0747. The number of hydrogen-bond donors (Lipinski definition) is 0. The fourth-order valence-corrected chi connectivity index (χ4v) is 6.50. The van der Waals surface area contributed by atoms with Crippen LogP contribution in [0, 0.1) is 23.2 Å². The van der Waals surface area contributed by atoms with Gasteiger partial charge in [-0.1, -0.05) is 0 Å². The van der Waals surface area contributed by atoms with Crippen molar-refractivity contribution in [3.05, 3.63) is 28.1 Å². The molecule has 4 nitrogen and oxygen atoms in total. The number of Topliss-reactive ketones (excluding diaryl/α,β-unsaturated/α-hetero) is 1. The molecular formula is C18H20N2O2S. The second-order valence-electron chi connectivity index (χ2n) is 7.94. The number of ketones is 1. The zero-order chi connectivity index (χ0) is 15.6. The van der Waals surface area contributed by atoms with E-state index in [9.17, 15) is 9.59 Å². The molecule has 5 heteroatoms. The standard InChI is InChI=1S/C18H20N2O2S/c21-15(9-20-10-19-16-14(17(20)22)1-2-23-16)18-6-11-3-12(7-18)5-13(4-11)8-18/h1-2,10-13H,3-9H2. The molecule has 0 aromatic carbocycles. The SMILES string of the molecule is O=C(Cn1cnc2sccc2c1=O)C12CC3CC(CC(C3)C1)C2. The second-order valence-corrected chi connectivity index (χ2v) is 8.83. The Kier molecular flexibility index (Phi) is 2.88. The van der Waals surface area contributed by atoms with Crippen LogP contribution in [-0.2, 0) is 11.3 Å². The van der Waals surface area contributed by atoms with Gasteiger partial charge in [0.1, 0.15) is 4.83 Å². The first-order valence-corrected chi connectivity index (χ1v) is 9.47. The molecule has 0 saturated heterocycles. The van der Waals surface area contributed by atoms with E-state index < -0.39 is 0 Å². The van der Waals surface area contributed by atoms with Gasteiger partial charge in [-0.15, -0.1) is 11.3 Å². The van der Waals surface area contributed by atoms with Gasteiger partial charge >= 0.3 is 0 Å². The molecule has 4 saturated carbocycles. The van der Waals surface area contributed by atoms with Crippen LogP contribution in [0.2, 0.25) is 0 Å². The number of rotatable bonds is 3. The van der Waals surface area contributed by atoms with Crippen molar-refractivity contribution in [1.82, 2.24) is 9.55 Å². The van der Waals surface area contributed by atoms with Crippen molar-refractivity contribution in [2.75, 3.05) is 0 Å². The first kappa shape index (κ1) is 13.9. The zero-order valence-electron chi connectivity index (χ0n) is 13.0. The van der Waals surface area contributed by atoms with Gasteiger partial charge < -0.3 is 0 Å². The Morgan fingerprint density at radius 2 is 1.87 bits per heavy atom. The van der Waals surface area contributed by atoms with Crippen LogP contribution in [0.25, 0.3) is 10.2 Å². The summed E-state index contributed by atoms with van der Waals surface area (Å²) in [5.74, 6) is 2.52. The largest absolute Gasteiger partial charge is 0.297 e. The highest BCUT2D eigenvalue weighted by molar-refractivity contribution is 7.16. The smallest absolute Gasteiger partial charge is 0.262 e. The van der Waals surface area contributed by atoms with Crippen LogP contribution < -0.4 is 5.56 Å². The molecule has 0 atom stereocenters. The lowest BCUT2D eigenvalue weighted by Crippen LogP contribution is -2.51. The third kappa shape index (κ3) is 2.05. The van der Waals surface area contributed by atoms with Crippen LogP contribution in [0.3, 0.4) is 0 Å². The predicted octanol–water partition coefficient (Wildman–Crippen LogP) is 3.24. The molecule has 4 aliphatic rings. The van der Waals surface area contributed by atoms with Crippen molar-refractivity contribution in [3.63, 3.8) is 0 Å². The molecule has 0 radical (unpaired) electrons. The van der Waals surface area contributed by atoms with Gasteiger partial charge in [0, 0.05) is 5.41 Å². The monoisotopic (exact) mass is 328 g/mol. The van der Waals surface area contributed by atoms with Gasteiger partial charge in [0.05, 0.1) is 18.3 Å². The summed E-state index contributed by atoms with van der Waals surface area (Å²) in [7, 11) is 0. The fraction of sp³-hybridized carbons (Fsp3) is 0.611. The molecule has 120 valence electrons. The third-order valence-electron chi connectivity index (χ3n) is 6.39. The van der Waals surface area contributed by atoms with Gasteiger partial charge in [-0.3, -0.25) is 14.2 Å². The number of thiophene rings is 1. The van der Waals surface area contributed by atoms with E-state index in [1.165, 1.54) is 35.2 Å². The van der Waals surface area contributed by atoms with Crippen LogP contribution in [0.5, 0.6) is 0 Å². The Balaban J connectivity index is 1.46. The number of carbonyl (C=O) groups is 1. The molecule has 4 fully saturated rings. The third-order valence-corrected chi connectivity index (χ3v) is 7.21. The number of aromatic nitrogens is 2. The van der Waals surface area contributed by atoms with Gasteiger partial charge in [0.25, 0.3) is 5.56 Å². The summed E-state index contributed by atoms with van der Waals surface area (Å²) in [6, 6.07) is 1.81. The first-order valence-electron chi connectivity index (χ1n) is 8.59. The molecule has 0 amide bonds. The second kappa shape index (κ2) is 4.76. The van der Waals surface area contributed by atoms with Crippen LogP contribution >= 0.6 is 11.3 Å². The van der Waals surface area contributed by atoms with Crippen LogP contribution in [-0.4, -0.2) is 15.3 Å². The minimum Gasteiger partial charge on any atom is -0.297 e. The Bertz CT molecular complexity index is 815. The summed E-state index contributed by atoms with van der Waals surface area (Å²) in [5.41, 5.74) is -0.216. The molecule has 6 rings (SSSR count). The van der Waals surface area contributed by atoms with E-state index in [0.717, 1.165) is 41.8 Å². The molecule has 4 aliphatic carbocycles. The molecule has 2 aromatic heterocycles. The highest BCUT2D eigenvalue weighted by atomic mass is 32.1. The fourth-order valence-electron chi connectivity index (χ4n) is 5.78. The molecule has 4 bridgehead atoms. The highest BCUT2D eigenvalue weighted by Crippen LogP contribution is 2.60. The predicted molar refractivity (Wildman–Crippen MR) is 89.5 cm³/mol. The molecule has 23 heavy (non-hydrogen) atoms. The average Bonchev–Trinajstić information content (AvgIpc) is 2.98. The maximum atomic E-state index is 13.1. The molecular weight excluding hydrogens is 308 g/mol. The van der Waals surface area contributed by atoms with E-state index in [4.69, 9.17) is 0 Å². The summed E-state index contributed by atoms with van der Waals surface area (Å²) in [4.78, 5) is 30.7. The van der Waals surface area contributed by atoms with E-state index in [1.807, 2.05) is 5.38 Å². The highest BCUT2D eigenvalue weighted by Gasteiger charge is 2.54. The molecule has 0 aliphatic heterocycles. The molecule has 0 N–H and O–H groups in total. The normalized spacial score (nSPS) is 35.0. The quantitative estimate of drug-likeness (QED) is 0.869. The summed E-state index contributed by atoms with van der Waals surface area (Å²) < 4.78 is 1.52. The Morgan fingerprint density at radius 1 is 1.22 bits per heavy atom. The first-order chi connectivity index (χ1) is 11.1. The molecule has 0 spiro atoms. The van der Waals surface area contributed by atoms with Crippen molar-refractivity contribution in [2.45, 2.75) is 45.1 Å². The lowest BCUT2D eigenvalue weighted by atomic mass is 9.48. The van der Waals surface area contributed by atoms with Crippen molar-refractivity contribution in [2.24, 2.45) is 23.2 Å². The Labute approximate surface area is 138 Å².